The lowest BCUT2D eigenvalue weighted by molar-refractivity contribution is 0.299. The van der Waals surface area contributed by atoms with Gasteiger partial charge in [0.2, 0.25) is 0 Å². The normalized spacial score (nSPS) is 11.1. The summed E-state index contributed by atoms with van der Waals surface area (Å²) >= 11 is 0. The van der Waals surface area contributed by atoms with Crippen molar-refractivity contribution in [2.75, 3.05) is 6.61 Å². The number of fused-ring (bicyclic) bond motifs is 1. The van der Waals surface area contributed by atoms with Crippen LogP contribution >= 0.6 is 0 Å². The SMILES string of the molecule is CCn1c(=O)oc2ccc(CCO)cc21. The molecule has 0 fully saturated rings. The molecule has 0 radical (unpaired) electrons. The highest BCUT2D eigenvalue weighted by Crippen LogP contribution is 2.15. The summed E-state index contributed by atoms with van der Waals surface area (Å²) in [5, 5.41) is 8.83. The third-order valence-electron chi connectivity index (χ3n) is 2.45. The number of aliphatic hydroxyl groups excluding tert-OH is 1. The van der Waals surface area contributed by atoms with Crippen molar-refractivity contribution in [2.45, 2.75) is 19.9 Å². The molecule has 1 heterocycles. The van der Waals surface area contributed by atoms with Gasteiger partial charge in [0.15, 0.2) is 5.58 Å². The summed E-state index contributed by atoms with van der Waals surface area (Å²) in [5.74, 6) is -0.325. The molecule has 0 saturated heterocycles. The molecule has 4 heteroatoms. The topological polar surface area (TPSA) is 55.4 Å². The zero-order valence-corrected chi connectivity index (χ0v) is 8.56. The van der Waals surface area contributed by atoms with E-state index in [1.165, 1.54) is 0 Å². The van der Waals surface area contributed by atoms with Gasteiger partial charge in [-0.3, -0.25) is 4.57 Å². The van der Waals surface area contributed by atoms with Crippen molar-refractivity contribution in [3.05, 3.63) is 34.3 Å². The molecule has 80 valence electrons. The third kappa shape index (κ3) is 1.68. The lowest BCUT2D eigenvalue weighted by Gasteiger charge is -1.99. The van der Waals surface area contributed by atoms with Crippen LogP contribution in [0.5, 0.6) is 0 Å². The molecular weight excluding hydrogens is 194 g/mol. The van der Waals surface area contributed by atoms with Crippen LogP contribution in [0.25, 0.3) is 11.1 Å². The Hall–Kier alpha value is -1.55. The van der Waals surface area contributed by atoms with Crippen LogP contribution in [0.2, 0.25) is 0 Å². The number of hydrogen-bond acceptors (Lipinski definition) is 3. The molecule has 0 saturated carbocycles. The average Bonchev–Trinajstić information content (AvgIpc) is 2.53. The molecule has 1 aromatic heterocycles. The minimum atomic E-state index is -0.325. The second-order valence-electron chi connectivity index (χ2n) is 3.39. The first-order chi connectivity index (χ1) is 7.26. The molecule has 0 amide bonds. The van der Waals surface area contributed by atoms with Gasteiger partial charge in [-0.05, 0) is 31.0 Å². The number of hydrogen-bond donors (Lipinski definition) is 1. The van der Waals surface area contributed by atoms with E-state index >= 15 is 0 Å². The molecule has 0 aliphatic carbocycles. The second-order valence-corrected chi connectivity index (χ2v) is 3.39. The maximum atomic E-state index is 11.4. The summed E-state index contributed by atoms with van der Waals surface area (Å²) < 4.78 is 6.65. The first-order valence-corrected chi connectivity index (χ1v) is 4.99. The number of aromatic nitrogens is 1. The van der Waals surface area contributed by atoms with E-state index in [1.54, 1.807) is 10.6 Å². The fourth-order valence-corrected chi connectivity index (χ4v) is 1.69. The number of oxazole rings is 1. The molecule has 0 atom stereocenters. The van der Waals surface area contributed by atoms with E-state index in [4.69, 9.17) is 9.52 Å². The predicted molar refractivity (Wildman–Crippen MR) is 56.9 cm³/mol. The molecule has 0 spiro atoms. The zero-order chi connectivity index (χ0) is 10.8. The minimum absolute atomic E-state index is 0.111. The van der Waals surface area contributed by atoms with Gasteiger partial charge in [-0.2, -0.15) is 0 Å². The Morgan fingerprint density at radius 3 is 2.93 bits per heavy atom. The number of aliphatic hydroxyl groups is 1. The fraction of sp³-hybridized carbons (Fsp3) is 0.364. The largest absolute Gasteiger partial charge is 0.419 e. The van der Waals surface area contributed by atoms with Crippen molar-refractivity contribution in [1.82, 2.24) is 4.57 Å². The Labute approximate surface area is 86.8 Å². The van der Waals surface area contributed by atoms with Crippen LogP contribution in [0, 0.1) is 0 Å². The number of rotatable bonds is 3. The van der Waals surface area contributed by atoms with Gasteiger partial charge in [-0.25, -0.2) is 4.79 Å². The summed E-state index contributed by atoms with van der Waals surface area (Å²) in [4.78, 5) is 11.4. The monoisotopic (exact) mass is 207 g/mol. The first-order valence-electron chi connectivity index (χ1n) is 4.99. The highest BCUT2D eigenvalue weighted by Gasteiger charge is 2.07. The molecule has 0 bridgehead atoms. The lowest BCUT2D eigenvalue weighted by Crippen LogP contribution is -2.12. The van der Waals surface area contributed by atoms with Crippen molar-refractivity contribution in [3.8, 4) is 0 Å². The fourth-order valence-electron chi connectivity index (χ4n) is 1.69. The van der Waals surface area contributed by atoms with Crippen molar-refractivity contribution in [2.24, 2.45) is 0 Å². The Bertz CT molecular complexity index is 524. The van der Waals surface area contributed by atoms with Gasteiger partial charge >= 0.3 is 5.76 Å². The van der Waals surface area contributed by atoms with E-state index in [0.29, 0.717) is 18.5 Å². The van der Waals surface area contributed by atoms with Gasteiger partial charge in [0.25, 0.3) is 0 Å². The van der Waals surface area contributed by atoms with Crippen LogP contribution in [0.1, 0.15) is 12.5 Å². The van der Waals surface area contributed by atoms with E-state index in [9.17, 15) is 4.79 Å². The first kappa shape index (κ1) is 9.98. The summed E-state index contributed by atoms with van der Waals surface area (Å²) in [7, 11) is 0. The van der Waals surface area contributed by atoms with Crippen LogP contribution in [0.4, 0.5) is 0 Å². The quantitative estimate of drug-likeness (QED) is 0.821. The van der Waals surface area contributed by atoms with Gasteiger partial charge in [-0.15, -0.1) is 0 Å². The summed E-state index contributed by atoms with van der Waals surface area (Å²) in [6, 6.07) is 5.52. The summed E-state index contributed by atoms with van der Waals surface area (Å²) in [6.45, 7) is 2.60. The second kappa shape index (κ2) is 3.90. The lowest BCUT2D eigenvalue weighted by atomic mass is 10.1. The maximum Gasteiger partial charge on any atom is 0.419 e. The molecule has 0 aliphatic heterocycles. The van der Waals surface area contributed by atoms with Gasteiger partial charge in [-0.1, -0.05) is 6.07 Å². The summed E-state index contributed by atoms with van der Waals surface area (Å²) in [5.41, 5.74) is 2.41. The summed E-state index contributed by atoms with van der Waals surface area (Å²) in [6.07, 6.45) is 0.596. The average molecular weight is 207 g/mol. The van der Waals surface area contributed by atoms with Crippen molar-refractivity contribution < 1.29 is 9.52 Å². The molecule has 0 unspecified atom stereocenters. The van der Waals surface area contributed by atoms with E-state index in [-0.39, 0.29) is 12.4 Å². The molecule has 1 N–H and O–H groups in total. The number of benzene rings is 1. The molecule has 0 aliphatic rings. The Balaban J connectivity index is 2.62. The van der Waals surface area contributed by atoms with Gasteiger partial charge < -0.3 is 9.52 Å². The Kier molecular flexibility index (Phi) is 2.60. The minimum Gasteiger partial charge on any atom is -0.408 e. The highest BCUT2D eigenvalue weighted by atomic mass is 16.4. The molecule has 4 nitrogen and oxygen atoms in total. The van der Waals surface area contributed by atoms with Gasteiger partial charge in [0.05, 0.1) is 5.52 Å². The van der Waals surface area contributed by atoms with Gasteiger partial charge in [0.1, 0.15) is 0 Å². The third-order valence-corrected chi connectivity index (χ3v) is 2.45. The van der Waals surface area contributed by atoms with Crippen molar-refractivity contribution in [1.29, 1.82) is 0 Å². The maximum absolute atomic E-state index is 11.4. The van der Waals surface area contributed by atoms with Crippen LogP contribution in [-0.4, -0.2) is 16.3 Å². The van der Waals surface area contributed by atoms with Crippen LogP contribution < -0.4 is 5.76 Å². The van der Waals surface area contributed by atoms with E-state index < -0.39 is 0 Å². The predicted octanol–water partition coefficient (Wildman–Crippen LogP) is 1.15. The van der Waals surface area contributed by atoms with E-state index in [2.05, 4.69) is 0 Å². The highest BCUT2D eigenvalue weighted by molar-refractivity contribution is 5.73. The Morgan fingerprint density at radius 2 is 2.27 bits per heavy atom. The standard InChI is InChI=1S/C11H13NO3/c1-2-12-9-7-8(5-6-13)3-4-10(9)15-11(12)14/h3-4,7,13H,2,5-6H2,1H3. The van der Waals surface area contributed by atoms with Gasteiger partial charge in [0, 0.05) is 13.2 Å². The van der Waals surface area contributed by atoms with Crippen LogP contribution in [0.15, 0.2) is 27.4 Å². The van der Waals surface area contributed by atoms with Crippen LogP contribution in [-0.2, 0) is 13.0 Å². The smallest absolute Gasteiger partial charge is 0.408 e. The van der Waals surface area contributed by atoms with E-state index in [1.807, 2.05) is 19.1 Å². The van der Waals surface area contributed by atoms with Crippen molar-refractivity contribution in [3.63, 3.8) is 0 Å². The van der Waals surface area contributed by atoms with Crippen LogP contribution in [0.3, 0.4) is 0 Å². The molecule has 1 aromatic carbocycles. The Morgan fingerprint density at radius 1 is 1.47 bits per heavy atom. The van der Waals surface area contributed by atoms with Crippen molar-refractivity contribution >= 4 is 11.1 Å². The molecular formula is C11H13NO3. The molecule has 2 rings (SSSR count). The molecule has 15 heavy (non-hydrogen) atoms. The van der Waals surface area contributed by atoms with E-state index in [0.717, 1.165) is 11.1 Å². The number of aryl methyl sites for hydroxylation is 1. The molecule has 2 aromatic rings. The zero-order valence-electron chi connectivity index (χ0n) is 8.56. The number of nitrogens with zero attached hydrogens (tertiary/aromatic N) is 1.